The number of carbonyl (C=O) groups is 2. The summed E-state index contributed by atoms with van der Waals surface area (Å²) in [4.78, 5) is 24.4. The number of fused-ring (bicyclic) bond motifs is 1. The predicted molar refractivity (Wildman–Crippen MR) is 94.8 cm³/mol. The Morgan fingerprint density at radius 1 is 1.15 bits per heavy atom. The Labute approximate surface area is 159 Å². The van der Waals surface area contributed by atoms with Gasteiger partial charge in [-0.25, -0.2) is 4.79 Å². The fourth-order valence-electron chi connectivity index (χ4n) is 2.58. The third-order valence-electron chi connectivity index (χ3n) is 3.78. The standard InChI is InChI=1S/C17H14Cl2N2O5/c1-24-12-6-5-10-13(14(12)25-2)17(23)26-16(10)21-20-15(22)9-4-3-8(18)7-11(9)19/h3-7,16,21H,1-2H3,(H,20,22). The van der Waals surface area contributed by atoms with Gasteiger partial charge in [-0.3, -0.25) is 10.2 Å². The fourth-order valence-corrected chi connectivity index (χ4v) is 3.07. The van der Waals surface area contributed by atoms with Crippen LogP contribution >= 0.6 is 23.2 Å². The highest BCUT2D eigenvalue weighted by Crippen LogP contribution is 2.40. The third-order valence-corrected chi connectivity index (χ3v) is 4.33. The highest BCUT2D eigenvalue weighted by Gasteiger charge is 2.36. The molecule has 1 amide bonds. The first kappa shape index (κ1) is 18.3. The van der Waals surface area contributed by atoms with Crippen LogP contribution in [0.25, 0.3) is 0 Å². The van der Waals surface area contributed by atoms with Gasteiger partial charge in [-0.1, -0.05) is 23.2 Å². The van der Waals surface area contributed by atoms with Crippen molar-refractivity contribution >= 4 is 35.1 Å². The van der Waals surface area contributed by atoms with Crippen molar-refractivity contribution in [3.8, 4) is 11.5 Å². The van der Waals surface area contributed by atoms with Crippen molar-refractivity contribution in [1.29, 1.82) is 0 Å². The van der Waals surface area contributed by atoms with Crippen molar-refractivity contribution in [3.63, 3.8) is 0 Å². The quantitative estimate of drug-likeness (QED) is 0.596. The molecule has 2 N–H and O–H groups in total. The average molecular weight is 397 g/mol. The Balaban J connectivity index is 1.79. The molecule has 0 radical (unpaired) electrons. The molecule has 0 spiro atoms. The molecule has 0 fully saturated rings. The van der Waals surface area contributed by atoms with E-state index in [0.29, 0.717) is 16.3 Å². The number of methoxy groups -OCH3 is 2. The molecule has 1 aliphatic rings. The summed E-state index contributed by atoms with van der Waals surface area (Å²) in [5, 5.41) is 0.617. The van der Waals surface area contributed by atoms with Crippen LogP contribution in [0.2, 0.25) is 10.0 Å². The SMILES string of the molecule is COc1ccc2c(c1OC)C(=O)OC2NNC(=O)c1ccc(Cl)cc1Cl. The maximum Gasteiger partial charge on any atom is 0.344 e. The first-order valence-electron chi connectivity index (χ1n) is 7.43. The van der Waals surface area contributed by atoms with Crippen LogP contribution < -0.4 is 20.3 Å². The van der Waals surface area contributed by atoms with Gasteiger partial charge in [-0.2, -0.15) is 5.43 Å². The van der Waals surface area contributed by atoms with Gasteiger partial charge in [0.1, 0.15) is 5.56 Å². The topological polar surface area (TPSA) is 85.9 Å². The van der Waals surface area contributed by atoms with Crippen LogP contribution in [0.1, 0.15) is 32.5 Å². The van der Waals surface area contributed by atoms with E-state index in [4.69, 9.17) is 37.4 Å². The van der Waals surface area contributed by atoms with Crippen LogP contribution in [0.3, 0.4) is 0 Å². The van der Waals surface area contributed by atoms with Gasteiger partial charge < -0.3 is 14.2 Å². The number of amides is 1. The lowest BCUT2D eigenvalue weighted by atomic mass is 10.1. The van der Waals surface area contributed by atoms with Crippen molar-refractivity contribution in [2.24, 2.45) is 0 Å². The maximum absolute atomic E-state index is 12.3. The van der Waals surface area contributed by atoms with Gasteiger partial charge in [0.25, 0.3) is 5.91 Å². The lowest BCUT2D eigenvalue weighted by Crippen LogP contribution is -2.40. The molecule has 1 atom stereocenters. The second-order valence-corrected chi connectivity index (χ2v) is 6.12. The molecule has 0 saturated heterocycles. The number of carbonyl (C=O) groups excluding carboxylic acids is 2. The van der Waals surface area contributed by atoms with E-state index in [0.717, 1.165) is 0 Å². The molecule has 2 aromatic rings. The number of cyclic esters (lactones) is 1. The minimum Gasteiger partial charge on any atom is -0.493 e. The summed E-state index contributed by atoms with van der Waals surface area (Å²) in [6.45, 7) is 0. The number of ether oxygens (including phenoxy) is 3. The van der Waals surface area contributed by atoms with Crippen LogP contribution in [0.4, 0.5) is 0 Å². The van der Waals surface area contributed by atoms with Crippen LogP contribution in [0.5, 0.6) is 11.5 Å². The average Bonchev–Trinajstić information content (AvgIpc) is 2.95. The number of hydrazine groups is 1. The van der Waals surface area contributed by atoms with Crippen molar-refractivity contribution < 1.29 is 23.8 Å². The smallest absolute Gasteiger partial charge is 0.344 e. The van der Waals surface area contributed by atoms with E-state index in [1.807, 2.05) is 0 Å². The van der Waals surface area contributed by atoms with E-state index in [9.17, 15) is 9.59 Å². The highest BCUT2D eigenvalue weighted by molar-refractivity contribution is 6.36. The van der Waals surface area contributed by atoms with Crippen LogP contribution in [0, 0.1) is 0 Å². The molecule has 136 valence electrons. The molecule has 1 aliphatic heterocycles. The molecule has 7 nitrogen and oxygen atoms in total. The van der Waals surface area contributed by atoms with Gasteiger partial charge >= 0.3 is 5.97 Å². The van der Waals surface area contributed by atoms with Gasteiger partial charge in [0.15, 0.2) is 17.7 Å². The first-order valence-corrected chi connectivity index (χ1v) is 8.18. The highest BCUT2D eigenvalue weighted by atomic mass is 35.5. The van der Waals surface area contributed by atoms with E-state index in [-0.39, 0.29) is 21.9 Å². The zero-order chi connectivity index (χ0) is 18.8. The Hall–Kier alpha value is -2.48. The molecule has 0 bridgehead atoms. The minimum atomic E-state index is -0.882. The lowest BCUT2D eigenvalue weighted by molar-refractivity contribution is 0.0260. The Bertz CT molecular complexity index is 888. The number of hydrogen-bond donors (Lipinski definition) is 2. The molecule has 1 heterocycles. The van der Waals surface area contributed by atoms with Crippen molar-refractivity contribution in [1.82, 2.24) is 10.9 Å². The van der Waals surface area contributed by atoms with Gasteiger partial charge in [0, 0.05) is 10.6 Å². The third kappa shape index (κ3) is 3.29. The number of hydrogen-bond acceptors (Lipinski definition) is 6. The largest absolute Gasteiger partial charge is 0.493 e. The van der Waals surface area contributed by atoms with Gasteiger partial charge in [0.2, 0.25) is 0 Å². The number of rotatable bonds is 5. The van der Waals surface area contributed by atoms with Crippen molar-refractivity contribution in [2.75, 3.05) is 14.2 Å². The second kappa shape index (κ2) is 7.41. The van der Waals surface area contributed by atoms with E-state index in [1.165, 1.54) is 26.4 Å². The van der Waals surface area contributed by atoms with E-state index in [1.54, 1.807) is 18.2 Å². The van der Waals surface area contributed by atoms with E-state index in [2.05, 4.69) is 10.9 Å². The lowest BCUT2D eigenvalue weighted by Gasteiger charge is -2.15. The summed E-state index contributed by atoms with van der Waals surface area (Å²) >= 11 is 11.8. The van der Waals surface area contributed by atoms with Crippen LogP contribution in [-0.2, 0) is 4.74 Å². The van der Waals surface area contributed by atoms with E-state index < -0.39 is 18.1 Å². The number of nitrogens with one attached hydrogen (secondary N) is 2. The monoisotopic (exact) mass is 396 g/mol. The summed E-state index contributed by atoms with van der Waals surface area (Å²) in [6.07, 6.45) is -0.882. The van der Waals surface area contributed by atoms with Gasteiger partial charge in [0.05, 0.1) is 24.8 Å². The zero-order valence-electron chi connectivity index (χ0n) is 13.8. The summed E-state index contributed by atoms with van der Waals surface area (Å²) in [5.74, 6) is -0.420. The Kier molecular flexibility index (Phi) is 5.22. The molecule has 1 unspecified atom stereocenters. The normalized spacial score (nSPS) is 15.2. The molecule has 9 heteroatoms. The van der Waals surface area contributed by atoms with Gasteiger partial charge in [-0.15, -0.1) is 0 Å². The molecule has 26 heavy (non-hydrogen) atoms. The van der Waals surface area contributed by atoms with Crippen molar-refractivity contribution in [2.45, 2.75) is 6.23 Å². The number of esters is 1. The zero-order valence-corrected chi connectivity index (χ0v) is 15.3. The summed E-state index contributed by atoms with van der Waals surface area (Å²) < 4.78 is 15.7. The predicted octanol–water partition coefficient (Wildman–Crippen LogP) is 3.11. The van der Waals surface area contributed by atoms with Crippen molar-refractivity contribution in [3.05, 3.63) is 57.1 Å². The molecule has 3 rings (SSSR count). The molecular weight excluding hydrogens is 383 g/mol. The minimum absolute atomic E-state index is 0.201. The Morgan fingerprint density at radius 3 is 2.58 bits per heavy atom. The van der Waals surface area contributed by atoms with Gasteiger partial charge in [-0.05, 0) is 30.3 Å². The fraction of sp³-hybridized carbons (Fsp3) is 0.176. The molecule has 0 aromatic heterocycles. The van der Waals surface area contributed by atoms with E-state index >= 15 is 0 Å². The number of halogens is 2. The summed E-state index contributed by atoms with van der Waals surface area (Å²) in [6, 6.07) is 7.79. The molecule has 0 saturated carbocycles. The van der Waals surface area contributed by atoms with Crippen LogP contribution in [-0.4, -0.2) is 26.1 Å². The maximum atomic E-state index is 12.3. The summed E-state index contributed by atoms with van der Waals surface area (Å²) in [7, 11) is 2.90. The number of benzene rings is 2. The van der Waals surface area contributed by atoms with Crippen LogP contribution in [0.15, 0.2) is 30.3 Å². The second-order valence-electron chi connectivity index (χ2n) is 5.27. The summed E-state index contributed by atoms with van der Waals surface area (Å²) in [5.41, 5.74) is 6.10. The first-order chi connectivity index (χ1) is 12.5. The molecular formula is C17H14Cl2N2O5. The Morgan fingerprint density at radius 2 is 1.92 bits per heavy atom. The molecule has 0 aliphatic carbocycles. The molecule has 2 aromatic carbocycles.